The fourth-order valence-electron chi connectivity index (χ4n) is 2.63. The minimum Gasteiger partial charge on any atom is -0.389 e. The molecule has 0 aliphatic heterocycles. The zero-order chi connectivity index (χ0) is 15.4. The lowest BCUT2D eigenvalue weighted by Crippen LogP contribution is -2.24. The van der Waals surface area contributed by atoms with Crippen LogP contribution in [-0.2, 0) is 0 Å². The molecule has 0 aliphatic rings. The molecule has 3 aromatic carbocycles. The van der Waals surface area contributed by atoms with Gasteiger partial charge in [0, 0.05) is 0 Å². The minimum absolute atomic E-state index is 0.464. The normalized spacial score (nSPS) is 12.3. The summed E-state index contributed by atoms with van der Waals surface area (Å²) in [6.07, 6.45) is -0.464. The van der Waals surface area contributed by atoms with Crippen molar-refractivity contribution < 1.29 is 5.11 Å². The molecule has 0 amide bonds. The maximum absolute atomic E-state index is 10.2. The van der Waals surface area contributed by atoms with Crippen LogP contribution >= 0.6 is 7.92 Å². The third kappa shape index (κ3) is 3.11. The van der Waals surface area contributed by atoms with Gasteiger partial charge in [-0.25, -0.2) is 0 Å². The van der Waals surface area contributed by atoms with E-state index in [4.69, 9.17) is 0 Å². The number of hydrogen-bond acceptors (Lipinski definition) is 1. The van der Waals surface area contributed by atoms with Gasteiger partial charge in [0.15, 0.2) is 0 Å². The molecule has 1 atom stereocenters. The maximum Gasteiger partial charge on any atom is 0.0768 e. The zero-order valence-electron chi connectivity index (χ0n) is 12.6. The highest BCUT2D eigenvalue weighted by atomic mass is 31.1. The molecule has 0 bridgehead atoms. The third-order valence-electron chi connectivity index (χ3n) is 3.66. The molecule has 0 heterocycles. The number of rotatable bonds is 4. The predicted molar refractivity (Wildman–Crippen MR) is 95.8 cm³/mol. The van der Waals surface area contributed by atoms with Crippen LogP contribution in [0.15, 0.2) is 84.9 Å². The van der Waals surface area contributed by atoms with Gasteiger partial charge in [-0.1, -0.05) is 84.9 Å². The summed E-state index contributed by atoms with van der Waals surface area (Å²) < 4.78 is 0. The summed E-state index contributed by atoms with van der Waals surface area (Å²) in [5.74, 6) is 0. The summed E-state index contributed by atoms with van der Waals surface area (Å²) in [5.41, 5.74) is 1.02. The molecular weight excluding hydrogens is 287 g/mol. The largest absolute Gasteiger partial charge is 0.389 e. The summed E-state index contributed by atoms with van der Waals surface area (Å²) in [6.45, 7) is 1.84. The van der Waals surface area contributed by atoms with Crippen molar-refractivity contribution in [2.75, 3.05) is 0 Å². The molecule has 0 spiro atoms. The van der Waals surface area contributed by atoms with Crippen LogP contribution in [0.4, 0.5) is 0 Å². The van der Waals surface area contributed by atoms with Crippen LogP contribution in [0.1, 0.15) is 18.6 Å². The quantitative estimate of drug-likeness (QED) is 0.732. The van der Waals surface area contributed by atoms with Gasteiger partial charge in [-0.15, -0.1) is 0 Å². The fourth-order valence-corrected chi connectivity index (χ4v) is 5.18. The second-order valence-electron chi connectivity index (χ2n) is 5.24. The Hall–Kier alpha value is -1.95. The smallest absolute Gasteiger partial charge is 0.0768 e. The molecule has 0 saturated carbocycles. The van der Waals surface area contributed by atoms with Crippen LogP contribution in [0.2, 0.25) is 0 Å². The molecule has 1 nitrogen and oxygen atoms in total. The first-order chi connectivity index (χ1) is 10.8. The van der Waals surface area contributed by atoms with Crippen molar-refractivity contribution in [3.63, 3.8) is 0 Å². The molecule has 22 heavy (non-hydrogen) atoms. The molecule has 3 rings (SSSR count). The molecule has 1 unspecified atom stereocenters. The molecular formula is C20H19OP. The Morgan fingerprint density at radius 3 is 1.64 bits per heavy atom. The molecule has 0 fully saturated rings. The van der Waals surface area contributed by atoms with Gasteiger partial charge < -0.3 is 5.11 Å². The molecule has 3 aromatic rings. The van der Waals surface area contributed by atoms with E-state index in [0.29, 0.717) is 0 Å². The Bertz CT molecular complexity index is 683. The van der Waals surface area contributed by atoms with Crippen LogP contribution in [0.25, 0.3) is 0 Å². The van der Waals surface area contributed by atoms with Gasteiger partial charge in [0.1, 0.15) is 0 Å². The Balaban J connectivity index is 2.19. The predicted octanol–water partition coefficient (Wildman–Crippen LogP) is 3.50. The SMILES string of the molecule is CC(O)c1ccccc1P(c1ccccc1)c1ccccc1. The van der Waals surface area contributed by atoms with E-state index in [1.807, 2.05) is 31.2 Å². The average Bonchev–Trinajstić information content (AvgIpc) is 2.57. The van der Waals surface area contributed by atoms with Crippen molar-refractivity contribution in [1.29, 1.82) is 0 Å². The molecule has 0 aromatic heterocycles. The Morgan fingerprint density at radius 2 is 1.14 bits per heavy atom. The Morgan fingerprint density at radius 1 is 0.682 bits per heavy atom. The highest BCUT2D eigenvalue weighted by Crippen LogP contribution is 2.35. The Kier molecular flexibility index (Phi) is 4.68. The van der Waals surface area contributed by atoms with Crippen molar-refractivity contribution in [2.45, 2.75) is 13.0 Å². The third-order valence-corrected chi connectivity index (χ3v) is 6.17. The van der Waals surface area contributed by atoms with Crippen LogP contribution < -0.4 is 15.9 Å². The molecule has 110 valence electrons. The lowest BCUT2D eigenvalue weighted by atomic mass is 10.1. The van der Waals surface area contributed by atoms with Gasteiger partial charge >= 0.3 is 0 Å². The summed E-state index contributed by atoms with van der Waals surface area (Å²) in [7, 11) is -0.659. The highest BCUT2D eigenvalue weighted by molar-refractivity contribution is 7.79. The standard InChI is InChI=1S/C20H19OP/c1-16(21)19-14-8-9-15-20(19)22(17-10-4-2-5-11-17)18-12-6-3-7-13-18/h2-16,21H,1H3. The van der Waals surface area contributed by atoms with Gasteiger partial charge in [0.05, 0.1) is 6.10 Å². The van der Waals surface area contributed by atoms with Crippen LogP contribution in [0.3, 0.4) is 0 Å². The van der Waals surface area contributed by atoms with E-state index < -0.39 is 14.0 Å². The maximum atomic E-state index is 10.2. The number of benzene rings is 3. The highest BCUT2D eigenvalue weighted by Gasteiger charge is 2.20. The van der Waals surface area contributed by atoms with E-state index in [-0.39, 0.29) is 0 Å². The van der Waals surface area contributed by atoms with E-state index in [1.165, 1.54) is 15.9 Å². The van der Waals surface area contributed by atoms with Gasteiger partial charge in [-0.3, -0.25) is 0 Å². The van der Waals surface area contributed by atoms with E-state index in [0.717, 1.165) is 5.56 Å². The van der Waals surface area contributed by atoms with Crippen molar-refractivity contribution >= 4 is 23.8 Å². The average molecular weight is 306 g/mol. The molecule has 2 heteroatoms. The van der Waals surface area contributed by atoms with Crippen molar-refractivity contribution in [3.8, 4) is 0 Å². The van der Waals surface area contributed by atoms with Crippen molar-refractivity contribution in [2.24, 2.45) is 0 Å². The monoisotopic (exact) mass is 306 g/mol. The first-order valence-corrected chi connectivity index (χ1v) is 8.79. The van der Waals surface area contributed by atoms with Crippen LogP contribution in [0, 0.1) is 0 Å². The Labute approximate surface area is 133 Å². The van der Waals surface area contributed by atoms with E-state index >= 15 is 0 Å². The van der Waals surface area contributed by atoms with Crippen molar-refractivity contribution in [1.82, 2.24) is 0 Å². The summed E-state index contributed by atoms with van der Waals surface area (Å²) >= 11 is 0. The van der Waals surface area contributed by atoms with Crippen LogP contribution in [-0.4, -0.2) is 5.11 Å². The first-order valence-electron chi connectivity index (χ1n) is 7.44. The van der Waals surface area contributed by atoms with E-state index in [2.05, 4.69) is 60.7 Å². The first kappa shape index (κ1) is 15.0. The fraction of sp³-hybridized carbons (Fsp3) is 0.100. The lowest BCUT2D eigenvalue weighted by molar-refractivity contribution is 0.200. The van der Waals surface area contributed by atoms with Gasteiger partial charge in [0.25, 0.3) is 0 Å². The number of hydrogen-bond donors (Lipinski definition) is 1. The summed E-state index contributed by atoms with van der Waals surface area (Å²) in [4.78, 5) is 0. The number of aliphatic hydroxyl groups is 1. The molecule has 0 aliphatic carbocycles. The summed E-state index contributed by atoms with van der Waals surface area (Å²) in [6, 6.07) is 29.4. The second kappa shape index (κ2) is 6.87. The minimum atomic E-state index is -0.659. The second-order valence-corrected chi connectivity index (χ2v) is 7.43. The lowest BCUT2D eigenvalue weighted by Gasteiger charge is -2.23. The van der Waals surface area contributed by atoms with Gasteiger partial charge in [0.2, 0.25) is 0 Å². The van der Waals surface area contributed by atoms with E-state index in [9.17, 15) is 5.11 Å². The van der Waals surface area contributed by atoms with Gasteiger partial charge in [-0.05, 0) is 36.3 Å². The zero-order valence-corrected chi connectivity index (χ0v) is 13.4. The molecule has 0 saturated heterocycles. The molecule has 0 radical (unpaired) electrons. The van der Waals surface area contributed by atoms with Crippen LogP contribution in [0.5, 0.6) is 0 Å². The number of aliphatic hydroxyl groups excluding tert-OH is 1. The summed E-state index contributed by atoms with van der Waals surface area (Å²) in [5, 5.41) is 14.0. The van der Waals surface area contributed by atoms with E-state index in [1.54, 1.807) is 0 Å². The molecule has 1 N–H and O–H groups in total. The topological polar surface area (TPSA) is 20.2 Å². The van der Waals surface area contributed by atoms with Gasteiger partial charge in [-0.2, -0.15) is 0 Å². The van der Waals surface area contributed by atoms with Crippen molar-refractivity contribution in [3.05, 3.63) is 90.5 Å².